The van der Waals surface area contributed by atoms with E-state index in [0.29, 0.717) is 29.7 Å². The number of aromatic nitrogens is 1. The van der Waals surface area contributed by atoms with Crippen molar-refractivity contribution in [2.24, 2.45) is 5.92 Å². The summed E-state index contributed by atoms with van der Waals surface area (Å²) in [5.74, 6) is 1.57. The van der Waals surface area contributed by atoms with E-state index in [4.69, 9.17) is 9.26 Å². The summed E-state index contributed by atoms with van der Waals surface area (Å²) in [6.07, 6.45) is 3.85. The fraction of sp³-hybridized carbons (Fsp3) is 0.444. The van der Waals surface area contributed by atoms with E-state index in [1.807, 2.05) is 19.1 Å². The van der Waals surface area contributed by atoms with Gasteiger partial charge in [0.1, 0.15) is 5.75 Å². The van der Waals surface area contributed by atoms with E-state index in [-0.39, 0.29) is 5.91 Å². The molecule has 1 unspecified atom stereocenters. The van der Waals surface area contributed by atoms with Gasteiger partial charge < -0.3 is 9.26 Å². The molecular formula is C18H22N2O3. The number of fused-ring (bicyclic) bond motifs is 1. The Morgan fingerprint density at radius 2 is 2.35 bits per heavy atom. The van der Waals surface area contributed by atoms with Gasteiger partial charge in [0.2, 0.25) is 5.88 Å². The van der Waals surface area contributed by atoms with Crippen molar-refractivity contribution in [2.45, 2.75) is 39.5 Å². The van der Waals surface area contributed by atoms with Gasteiger partial charge in [0, 0.05) is 11.1 Å². The van der Waals surface area contributed by atoms with Crippen molar-refractivity contribution in [3.63, 3.8) is 0 Å². The molecule has 0 aliphatic heterocycles. The summed E-state index contributed by atoms with van der Waals surface area (Å²) in [7, 11) is 0. The lowest BCUT2D eigenvalue weighted by Gasteiger charge is -2.16. The third-order valence-electron chi connectivity index (χ3n) is 4.09. The summed E-state index contributed by atoms with van der Waals surface area (Å²) < 4.78 is 10.9. The highest BCUT2D eigenvalue weighted by atomic mass is 16.5. The Labute approximate surface area is 136 Å². The molecule has 0 saturated heterocycles. The van der Waals surface area contributed by atoms with E-state index < -0.39 is 0 Å². The zero-order valence-electron chi connectivity index (χ0n) is 13.6. The predicted molar refractivity (Wildman–Crippen MR) is 87.9 cm³/mol. The van der Waals surface area contributed by atoms with Gasteiger partial charge >= 0.3 is 0 Å². The van der Waals surface area contributed by atoms with E-state index in [1.54, 1.807) is 12.1 Å². The highest BCUT2D eigenvalue weighted by molar-refractivity contribution is 6.04. The van der Waals surface area contributed by atoms with Crippen LogP contribution in [0.2, 0.25) is 0 Å². The molecule has 0 spiro atoms. The van der Waals surface area contributed by atoms with Crippen molar-refractivity contribution in [3.8, 4) is 5.75 Å². The standard InChI is InChI=1S/C18H22N2O3/c1-3-9-22-14-6-4-5-13(11-14)17(21)19-18-15-10-12(2)7-8-16(15)20-23-18/h4-6,11-12H,3,7-10H2,1-2H3,(H,19,21). The number of carbonyl (C=O) groups is 1. The number of amides is 1. The molecule has 1 aliphatic rings. The van der Waals surface area contributed by atoms with Crippen molar-refractivity contribution < 1.29 is 14.1 Å². The summed E-state index contributed by atoms with van der Waals surface area (Å²) in [5.41, 5.74) is 2.56. The zero-order chi connectivity index (χ0) is 16.2. The number of ether oxygens (including phenoxy) is 1. The molecule has 0 bridgehead atoms. The highest BCUT2D eigenvalue weighted by Crippen LogP contribution is 2.30. The highest BCUT2D eigenvalue weighted by Gasteiger charge is 2.24. The maximum absolute atomic E-state index is 12.5. The average Bonchev–Trinajstić information content (AvgIpc) is 2.95. The van der Waals surface area contributed by atoms with Gasteiger partial charge in [0.15, 0.2) is 0 Å². The van der Waals surface area contributed by atoms with Gasteiger partial charge in [0.05, 0.1) is 12.3 Å². The van der Waals surface area contributed by atoms with Crippen LogP contribution in [0.25, 0.3) is 0 Å². The molecular weight excluding hydrogens is 292 g/mol. The summed E-state index contributed by atoms with van der Waals surface area (Å²) in [6, 6.07) is 7.18. The molecule has 1 heterocycles. The number of benzene rings is 1. The van der Waals surface area contributed by atoms with Crippen molar-refractivity contribution in [3.05, 3.63) is 41.1 Å². The van der Waals surface area contributed by atoms with Crippen LogP contribution in [0, 0.1) is 5.92 Å². The van der Waals surface area contributed by atoms with Crippen molar-refractivity contribution in [1.82, 2.24) is 5.16 Å². The van der Waals surface area contributed by atoms with E-state index >= 15 is 0 Å². The molecule has 1 aromatic heterocycles. The quantitative estimate of drug-likeness (QED) is 0.910. The fourth-order valence-corrected chi connectivity index (χ4v) is 2.80. The first-order valence-electron chi connectivity index (χ1n) is 8.19. The van der Waals surface area contributed by atoms with Crippen molar-refractivity contribution >= 4 is 11.8 Å². The van der Waals surface area contributed by atoms with Crippen LogP contribution in [0.5, 0.6) is 5.75 Å². The Balaban J connectivity index is 1.74. The van der Waals surface area contributed by atoms with E-state index in [2.05, 4.69) is 17.4 Å². The summed E-state index contributed by atoms with van der Waals surface area (Å²) >= 11 is 0. The molecule has 0 saturated carbocycles. The molecule has 0 radical (unpaired) electrons. The van der Waals surface area contributed by atoms with Gasteiger partial charge in [-0.25, -0.2) is 0 Å². The van der Waals surface area contributed by atoms with Crippen molar-refractivity contribution in [1.29, 1.82) is 0 Å². The molecule has 3 rings (SSSR count). The second kappa shape index (κ2) is 6.86. The van der Waals surface area contributed by atoms with E-state index in [9.17, 15) is 4.79 Å². The maximum atomic E-state index is 12.5. The topological polar surface area (TPSA) is 64.4 Å². The zero-order valence-corrected chi connectivity index (χ0v) is 13.6. The number of aryl methyl sites for hydroxylation is 1. The summed E-state index contributed by atoms with van der Waals surface area (Å²) in [4.78, 5) is 12.5. The Hall–Kier alpha value is -2.30. The third-order valence-corrected chi connectivity index (χ3v) is 4.09. The minimum Gasteiger partial charge on any atom is -0.494 e. The first kappa shape index (κ1) is 15.6. The number of nitrogens with zero attached hydrogens (tertiary/aromatic N) is 1. The molecule has 1 amide bonds. The number of carbonyl (C=O) groups excluding carboxylic acids is 1. The van der Waals surface area contributed by atoms with Gasteiger partial charge in [-0.05, 0) is 49.8 Å². The summed E-state index contributed by atoms with van der Waals surface area (Å²) in [6.45, 7) is 4.89. The molecule has 0 fully saturated rings. The van der Waals surface area contributed by atoms with E-state index in [0.717, 1.165) is 36.9 Å². The Bertz CT molecular complexity index is 693. The largest absolute Gasteiger partial charge is 0.494 e. The molecule has 5 heteroatoms. The number of anilines is 1. The lowest BCUT2D eigenvalue weighted by molar-refractivity contribution is 0.102. The molecule has 122 valence electrons. The third kappa shape index (κ3) is 3.55. The number of nitrogens with one attached hydrogen (secondary N) is 1. The van der Waals surface area contributed by atoms with Crippen LogP contribution in [0.15, 0.2) is 28.8 Å². The predicted octanol–water partition coefficient (Wildman–Crippen LogP) is 3.84. The lowest BCUT2D eigenvalue weighted by Crippen LogP contribution is -2.15. The first-order valence-corrected chi connectivity index (χ1v) is 8.19. The summed E-state index contributed by atoms with van der Waals surface area (Å²) in [5, 5.41) is 6.93. The molecule has 1 aromatic carbocycles. The Kier molecular flexibility index (Phi) is 4.65. The molecule has 1 atom stereocenters. The first-order chi connectivity index (χ1) is 11.2. The van der Waals surface area contributed by atoms with Crippen LogP contribution in [-0.4, -0.2) is 17.7 Å². The minimum absolute atomic E-state index is 0.205. The SMILES string of the molecule is CCCOc1cccc(C(=O)Nc2onc3c2CC(C)CC3)c1. The molecule has 5 nitrogen and oxygen atoms in total. The fourth-order valence-electron chi connectivity index (χ4n) is 2.80. The van der Waals surface area contributed by atoms with Crippen LogP contribution < -0.4 is 10.1 Å². The lowest BCUT2D eigenvalue weighted by atomic mass is 9.89. The van der Waals surface area contributed by atoms with Crippen LogP contribution in [0.1, 0.15) is 48.3 Å². The van der Waals surface area contributed by atoms with Gasteiger partial charge in [-0.15, -0.1) is 0 Å². The molecule has 2 aromatic rings. The number of hydrogen-bond donors (Lipinski definition) is 1. The second-order valence-corrected chi connectivity index (χ2v) is 6.12. The van der Waals surface area contributed by atoms with Crippen LogP contribution in [0.4, 0.5) is 5.88 Å². The maximum Gasteiger partial charge on any atom is 0.258 e. The number of hydrogen-bond acceptors (Lipinski definition) is 4. The monoisotopic (exact) mass is 314 g/mol. The van der Waals surface area contributed by atoms with Crippen LogP contribution >= 0.6 is 0 Å². The van der Waals surface area contributed by atoms with Crippen LogP contribution in [0.3, 0.4) is 0 Å². The molecule has 23 heavy (non-hydrogen) atoms. The smallest absolute Gasteiger partial charge is 0.258 e. The van der Waals surface area contributed by atoms with Gasteiger partial charge in [0.25, 0.3) is 5.91 Å². The Morgan fingerprint density at radius 3 is 3.17 bits per heavy atom. The van der Waals surface area contributed by atoms with Crippen LogP contribution in [-0.2, 0) is 12.8 Å². The van der Waals surface area contributed by atoms with Crippen molar-refractivity contribution in [2.75, 3.05) is 11.9 Å². The minimum atomic E-state index is -0.205. The van der Waals surface area contributed by atoms with Gasteiger partial charge in [-0.2, -0.15) is 0 Å². The Morgan fingerprint density at radius 1 is 1.48 bits per heavy atom. The van der Waals surface area contributed by atoms with Gasteiger partial charge in [-0.3, -0.25) is 10.1 Å². The normalized spacial score (nSPS) is 16.7. The van der Waals surface area contributed by atoms with Gasteiger partial charge in [-0.1, -0.05) is 25.1 Å². The molecule has 1 aliphatic carbocycles. The number of rotatable bonds is 5. The average molecular weight is 314 g/mol. The van der Waals surface area contributed by atoms with E-state index in [1.165, 1.54) is 0 Å². The second-order valence-electron chi connectivity index (χ2n) is 6.12. The molecule has 1 N–H and O–H groups in total.